The van der Waals surface area contributed by atoms with E-state index in [4.69, 9.17) is 4.74 Å². The van der Waals surface area contributed by atoms with Crippen molar-refractivity contribution in [2.75, 3.05) is 16.6 Å². The predicted octanol–water partition coefficient (Wildman–Crippen LogP) is 6.40. The molecule has 0 atom stereocenters. The zero-order valence-electron chi connectivity index (χ0n) is 13.3. The number of halogens is 3. The van der Waals surface area contributed by atoms with Gasteiger partial charge in [0.15, 0.2) is 11.6 Å². The van der Waals surface area contributed by atoms with Crippen molar-refractivity contribution < 1.29 is 13.5 Å². The minimum absolute atomic E-state index is 0.00243. The van der Waals surface area contributed by atoms with Gasteiger partial charge in [0.2, 0.25) is 0 Å². The standard InChI is InChI=1S/C18H18BrF2NOS/c1-2-24-22(11-12-3-4-12)14-6-8-17(15(19)10-14)23-18-7-5-13(20)9-16(18)21/h5-10,12H,2-4,11H2,1H3. The highest BCUT2D eigenvalue weighted by molar-refractivity contribution is 9.10. The first kappa shape index (κ1) is 17.5. The first-order valence-electron chi connectivity index (χ1n) is 7.89. The highest BCUT2D eigenvalue weighted by atomic mass is 79.9. The van der Waals surface area contributed by atoms with Crippen LogP contribution in [0.15, 0.2) is 40.9 Å². The van der Waals surface area contributed by atoms with E-state index in [1.54, 1.807) is 18.0 Å². The molecule has 1 aliphatic rings. The Morgan fingerprint density at radius 3 is 2.54 bits per heavy atom. The monoisotopic (exact) mass is 413 g/mol. The van der Waals surface area contributed by atoms with Gasteiger partial charge in [0.25, 0.3) is 0 Å². The molecule has 0 N–H and O–H groups in total. The van der Waals surface area contributed by atoms with Crippen LogP contribution < -0.4 is 9.04 Å². The molecule has 0 aromatic heterocycles. The molecule has 0 bridgehead atoms. The second kappa shape index (κ2) is 7.74. The highest BCUT2D eigenvalue weighted by Gasteiger charge is 2.25. The fraction of sp³-hybridized carbons (Fsp3) is 0.333. The van der Waals surface area contributed by atoms with E-state index in [2.05, 4.69) is 27.2 Å². The van der Waals surface area contributed by atoms with E-state index in [1.165, 1.54) is 25.0 Å². The number of ether oxygens (including phenoxy) is 1. The van der Waals surface area contributed by atoms with E-state index < -0.39 is 11.6 Å². The van der Waals surface area contributed by atoms with E-state index in [0.29, 0.717) is 5.75 Å². The SMILES string of the molecule is CCSN(CC1CC1)c1ccc(Oc2ccc(F)cc2F)c(Br)c1. The lowest BCUT2D eigenvalue weighted by molar-refractivity contribution is 0.435. The van der Waals surface area contributed by atoms with Gasteiger partial charge in [-0.25, -0.2) is 8.78 Å². The van der Waals surface area contributed by atoms with Gasteiger partial charge in [-0.3, -0.25) is 0 Å². The van der Waals surface area contributed by atoms with Crippen molar-refractivity contribution >= 4 is 33.6 Å². The summed E-state index contributed by atoms with van der Waals surface area (Å²) in [5.41, 5.74) is 1.09. The van der Waals surface area contributed by atoms with Crippen LogP contribution in [0.2, 0.25) is 0 Å². The minimum Gasteiger partial charge on any atom is -0.453 e. The topological polar surface area (TPSA) is 12.5 Å². The molecule has 24 heavy (non-hydrogen) atoms. The van der Waals surface area contributed by atoms with E-state index in [1.807, 2.05) is 12.1 Å². The lowest BCUT2D eigenvalue weighted by atomic mass is 10.2. The lowest BCUT2D eigenvalue weighted by Crippen LogP contribution is -2.17. The molecule has 1 fully saturated rings. The molecule has 0 heterocycles. The molecular formula is C18H18BrF2NOS. The zero-order valence-corrected chi connectivity index (χ0v) is 15.7. The summed E-state index contributed by atoms with van der Waals surface area (Å²) >= 11 is 5.28. The first-order valence-corrected chi connectivity index (χ1v) is 9.63. The van der Waals surface area contributed by atoms with Crippen molar-refractivity contribution in [3.63, 3.8) is 0 Å². The molecule has 0 spiro atoms. The van der Waals surface area contributed by atoms with Gasteiger partial charge in [-0.1, -0.05) is 18.9 Å². The largest absolute Gasteiger partial charge is 0.453 e. The maximum absolute atomic E-state index is 13.7. The minimum atomic E-state index is -0.720. The summed E-state index contributed by atoms with van der Waals surface area (Å²) in [5.74, 6) is 0.944. The Kier molecular flexibility index (Phi) is 5.66. The summed E-state index contributed by atoms with van der Waals surface area (Å²) in [6, 6.07) is 9.02. The van der Waals surface area contributed by atoms with Crippen molar-refractivity contribution in [3.8, 4) is 11.5 Å². The normalized spacial score (nSPS) is 13.8. The second-order valence-corrected chi connectivity index (χ2v) is 7.84. The number of hydrogen-bond acceptors (Lipinski definition) is 3. The molecule has 6 heteroatoms. The summed E-state index contributed by atoms with van der Waals surface area (Å²) in [6.07, 6.45) is 2.60. The van der Waals surface area contributed by atoms with Crippen LogP contribution in [0.1, 0.15) is 19.8 Å². The van der Waals surface area contributed by atoms with Gasteiger partial charge in [0.05, 0.1) is 4.47 Å². The Balaban J connectivity index is 1.78. The van der Waals surface area contributed by atoms with Crippen LogP contribution in [0.3, 0.4) is 0 Å². The Morgan fingerprint density at radius 2 is 1.92 bits per heavy atom. The van der Waals surface area contributed by atoms with Crippen LogP contribution in [-0.4, -0.2) is 12.3 Å². The molecule has 2 aromatic carbocycles. The van der Waals surface area contributed by atoms with Crippen molar-refractivity contribution in [1.82, 2.24) is 0 Å². The average Bonchev–Trinajstić information content (AvgIpc) is 3.35. The van der Waals surface area contributed by atoms with Gasteiger partial charge in [-0.15, -0.1) is 0 Å². The summed E-state index contributed by atoms with van der Waals surface area (Å²) in [5, 5.41) is 0. The van der Waals surface area contributed by atoms with E-state index in [-0.39, 0.29) is 5.75 Å². The molecule has 0 saturated heterocycles. The molecular weight excluding hydrogens is 396 g/mol. The summed E-state index contributed by atoms with van der Waals surface area (Å²) in [7, 11) is 0. The Bertz CT molecular complexity index is 724. The molecule has 0 aliphatic heterocycles. The van der Waals surface area contributed by atoms with Crippen molar-refractivity contribution in [2.24, 2.45) is 5.92 Å². The van der Waals surface area contributed by atoms with Gasteiger partial charge in [0.1, 0.15) is 11.6 Å². The van der Waals surface area contributed by atoms with Gasteiger partial charge in [0, 0.05) is 24.1 Å². The number of nitrogens with zero attached hydrogens (tertiary/aromatic N) is 1. The first-order chi connectivity index (χ1) is 11.6. The van der Waals surface area contributed by atoms with Crippen molar-refractivity contribution in [1.29, 1.82) is 0 Å². The number of rotatable bonds is 7. The van der Waals surface area contributed by atoms with Gasteiger partial charge >= 0.3 is 0 Å². The van der Waals surface area contributed by atoms with Crippen LogP contribution in [0.4, 0.5) is 14.5 Å². The third-order valence-corrected chi connectivity index (χ3v) is 5.27. The Hall–Kier alpha value is -1.27. The van der Waals surface area contributed by atoms with Gasteiger partial charge < -0.3 is 9.04 Å². The molecule has 0 unspecified atom stereocenters. The Morgan fingerprint density at radius 1 is 1.17 bits per heavy atom. The quantitative estimate of drug-likeness (QED) is 0.486. The fourth-order valence-electron chi connectivity index (χ4n) is 2.33. The smallest absolute Gasteiger partial charge is 0.168 e. The summed E-state index contributed by atoms with van der Waals surface area (Å²) in [4.78, 5) is 0. The van der Waals surface area contributed by atoms with Gasteiger partial charge in [-0.05, 0) is 65.0 Å². The van der Waals surface area contributed by atoms with Crippen molar-refractivity contribution in [2.45, 2.75) is 19.8 Å². The summed E-state index contributed by atoms with van der Waals surface area (Å²) in [6.45, 7) is 3.17. The van der Waals surface area contributed by atoms with E-state index in [0.717, 1.165) is 34.4 Å². The average molecular weight is 414 g/mol. The molecule has 3 rings (SSSR count). The van der Waals surface area contributed by atoms with Crippen LogP contribution in [-0.2, 0) is 0 Å². The number of benzene rings is 2. The third-order valence-electron chi connectivity index (χ3n) is 3.72. The van der Waals surface area contributed by atoms with Crippen LogP contribution in [0.5, 0.6) is 11.5 Å². The number of hydrogen-bond donors (Lipinski definition) is 0. The number of anilines is 1. The van der Waals surface area contributed by atoms with Crippen molar-refractivity contribution in [3.05, 3.63) is 52.5 Å². The predicted molar refractivity (Wildman–Crippen MR) is 98.8 cm³/mol. The zero-order chi connectivity index (χ0) is 17.1. The maximum atomic E-state index is 13.7. The van der Waals surface area contributed by atoms with Gasteiger partial charge in [-0.2, -0.15) is 0 Å². The van der Waals surface area contributed by atoms with E-state index in [9.17, 15) is 8.78 Å². The highest BCUT2D eigenvalue weighted by Crippen LogP contribution is 2.38. The fourth-order valence-corrected chi connectivity index (χ4v) is 3.67. The van der Waals surface area contributed by atoms with Crippen LogP contribution in [0.25, 0.3) is 0 Å². The molecule has 0 radical (unpaired) electrons. The molecule has 1 saturated carbocycles. The molecule has 2 aromatic rings. The molecule has 128 valence electrons. The summed E-state index contributed by atoms with van der Waals surface area (Å²) < 4.78 is 35.3. The van der Waals surface area contributed by atoms with E-state index >= 15 is 0 Å². The lowest BCUT2D eigenvalue weighted by Gasteiger charge is -2.23. The molecule has 1 aliphatic carbocycles. The third kappa shape index (κ3) is 4.42. The Labute approximate surface area is 153 Å². The molecule has 0 amide bonds. The van der Waals surface area contributed by atoms with Crippen LogP contribution in [0, 0.1) is 17.6 Å². The molecule has 2 nitrogen and oxygen atoms in total. The second-order valence-electron chi connectivity index (χ2n) is 5.71. The van der Waals surface area contributed by atoms with Crippen LogP contribution >= 0.6 is 27.9 Å². The maximum Gasteiger partial charge on any atom is 0.168 e.